The van der Waals surface area contributed by atoms with E-state index in [0.717, 1.165) is 15.6 Å². The summed E-state index contributed by atoms with van der Waals surface area (Å²) in [6, 6.07) is 20.3. The number of hydrogen-bond acceptors (Lipinski definition) is 5. The normalized spacial score (nSPS) is 10.8. The summed E-state index contributed by atoms with van der Waals surface area (Å²) in [6.07, 6.45) is 0. The largest absolute Gasteiger partial charge is 0.497 e. The molecule has 0 aliphatic rings. The lowest BCUT2D eigenvalue weighted by Gasteiger charge is -2.19. The van der Waals surface area contributed by atoms with Crippen LogP contribution >= 0.6 is 15.9 Å². The van der Waals surface area contributed by atoms with Crippen molar-refractivity contribution in [1.82, 2.24) is 4.57 Å². The van der Waals surface area contributed by atoms with E-state index in [2.05, 4.69) is 15.9 Å². The molecule has 0 fully saturated rings. The molecule has 0 bridgehead atoms. The van der Waals surface area contributed by atoms with E-state index in [-0.39, 0.29) is 17.8 Å². The predicted molar refractivity (Wildman–Crippen MR) is 131 cm³/mol. The van der Waals surface area contributed by atoms with Crippen LogP contribution in [-0.4, -0.2) is 31.9 Å². The Morgan fingerprint density at radius 1 is 0.879 bits per heavy atom. The van der Waals surface area contributed by atoms with Crippen molar-refractivity contribution < 1.29 is 19.0 Å². The minimum Gasteiger partial charge on any atom is -0.497 e. The number of ether oxygens (including phenoxy) is 3. The van der Waals surface area contributed by atoms with Crippen LogP contribution in [0.2, 0.25) is 0 Å². The fraction of sp³-hybridized carbons (Fsp3) is 0.154. The van der Waals surface area contributed by atoms with E-state index in [0.29, 0.717) is 27.8 Å². The molecule has 6 nitrogen and oxygen atoms in total. The average molecular weight is 508 g/mol. The van der Waals surface area contributed by atoms with E-state index in [1.54, 1.807) is 26.4 Å². The van der Waals surface area contributed by atoms with Gasteiger partial charge in [0, 0.05) is 21.5 Å². The molecule has 0 spiro atoms. The summed E-state index contributed by atoms with van der Waals surface area (Å²) in [7, 11) is 4.43. The molecule has 0 radical (unpaired) electrons. The number of rotatable bonds is 6. The molecule has 1 aromatic heterocycles. The van der Waals surface area contributed by atoms with E-state index in [4.69, 9.17) is 14.2 Å². The van der Waals surface area contributed by atoms with Gasteiger partial charge in [0.05, 0.1) is 27.9 Å². The maximum atomic E-state index is 13.7. The molecule has 4 rings (SSSR count). The molecule has 0 atom stereocenters. The molecule has 7 heteroatoms. The van der Waals surface area contributed by atoms with Gasteiger partial charge >= 0.3 is 5.97 Å². The highest BCUT2D eigenvalue weighted by Crippen LogP contribution is 2.33. The van der Waals surface area contributed by atoms with E-state index >= 15 is 0 Å². The van der Waals surface area contributed by atoms with Gasteiger partial charge in [-0.15, -0.1) is 0 Å². The van der Waals surface area contributed by atoms with Crippen LogP contribution in [0.3, 0.4) is 0 Å². The van der Waals surface area contributed by atoms with Crippen molar-refractivity contribution in [3.8, 4) is 22.6 Å². The monoisotopic (exact) mass is 507 g/mol. The Labute approximate surface area is 199 Å². The lowest BCUT2D eigenvalue weighted by Crippen LogP contribution is -2.28. The summed E-state index contributed by atoms with van der Waals surface area (Å²) >= 11 is 3.49. The molecule has 0 unspecified atom stereocenters. The third-order valence-corrected chi connectivity index (χ3v) is 5.92. The number of carbonyl (C=O) groups is 1. The molecule has 0 saturated heterocycles. The van der Waals surface area contributed by atoms with Gasteiger partial charge in [-0.05, 0) is 46.8 Å². The minimum absolute atomic E-state index is 0.128. The van der Waals surface area contributed by atoms with Crippen LogP contribution in [0.5, 0.6) is 11.5 Å². The molecule has 0 aliphatic carbocycles. The number of methoxy groups -OCH3 is 3. The van der Waals surface area contributed by atoms with Crippen molar-refractivity contribution in [2.45, 2.75) is 6.54 Å². The summed E-state index contributed by atoms with van der Waals surface area (Å²) in [5, 5.41) is 1.17. The molecular formula is C26H22BrNO5. The number of esters is 1. The zero-order chi connectivity index (χ0) is 23.5. The molecular weight excluding hydrogens is 486 g/mol. The van der Waals surface area contributed by atoms with Gasteiger partial charge in [-0.3, -0.25) is 9.36 Å². The first kappa shape index (κ1) is 22.6. The van der Waals surface area contributed by atoms with Crippen molar-refractivity contribution in [3.63, 3.8) is 0 Å². The number of pyridine rings is 1. The number of aromatic nitrogens is 1. The number of nitrogens with zero attached hydrogens (tertiary/aromatic N) is 1. The molecule has 0 N–H and O–H groups in total. The van der Waals surface area contributed by atoms with Gasteiger partial charge in [0.25, 0.3) is 5.56 Å². The standard InChI is InChI=1S/C26H22BrNO5/c1-31-19-11-16(12-20(14-19)32-2)15-28-24(26(30)33-3)23(17-7-5-4-6-8-17)22-13-18(27)9-10-21(22)25(28)29/h4-14H,15H2,1-3H3. The highest BCUT2D eigenvalue weighted by molar-refractivity contribution is 9.10. The third-order valence-electron chi connectivity index (χ3n) is 5.43. The Bertz CT molecular complexity index is 1370. The summed E-state index contributed by atoms with van der Waals surface area (Å²) in [6.45, 7) is 0.128. The molecule has 33 heavy (non-hydrogen) atoms. The fourth-order valence-corrected chi connectivity index (χ4v) is 4.28. The van der Waals surface area contributed by atoms with Crippen LogP contribution in [-0.2, 0) is 11.3 Å². The van der Waals surface area contributed by atoms with E-state index in [1.165, 1.54) is 11.7 Å². The fourth-order valence-electron chi connectivity index (χ4n) is 3.92. The Hall–Kier alpha value is -3.58. The maximum absolute atomic E-state index is 13.7. The van der Waals surface area contributed by atoms with Crippen LogP contribution < -0.4 is 15.0 Å². The molecule has 3 aromatic carbocycles. The molecule has 1 heterocycles. The van der Waals surface area contributed by atoms with Gasteiger partial charge in [0.15, 0.2) is 0 Å². The highest BCUT2D eigenvalue weighted by atomic mass is 79.9. The quantitative estimate of drug-likeness (QED) is 0.332. The molecule has 4 aromatic rings. The van der Waals surface area contributed by atoms with Crippen molar-refractivity contribution in [1.29, 1.82) is 0 Å². The number of fused-ring (bicyclic) bond motifs is 1. The van der Waals surface area contributed by atoms with Gasteiger partial charge in [-0.2, -0.15) is 0 Å². The maximum Gasteiger partial charge on any atom is 0.355 e. The summed E-state index contributed by atoms with van der Waals surface area (Å²) in [5.74, 6) is 0.581. The van der Waals surface area contributed by atoms with Gasteiger partial charge in [-0.25, -0.2) is 4.79 Å². The lowest BCUT2D eigenvalue weighted by molar-refractivity contribution is 0.0588. The number of halogens is 1. The lowest BCUT2D eigenvalue weighted by atomic mass is 9.96. The van der Waals surface area contributed by atoms with Gasteiger partial charge in [-0.1, -0.05) is 46.3 Å². The SMILES string of the molecule is COC(=O)c1c(-c2ccccc2)c2cc(Br)ccc2c(=O)n1Cc1cc(OC)cc(OC)c1. The van der Waals surface area contributed by atoms with Crippen LogP contribution in [0, 0.1) is 0 Å². The first-order chi connectivity index (χ1) is 16.0. The zero-order valence-corrected chi connectivity index (χ0v) is 20.0. The Morgan fingerprint density at radius 3 is 2.15 bits per heavy atom. The van der Waals surface area contributed by atoms with Crippen molar-refractivity contribution >= 4 is 32.7 Å². The smallest absolute Gasteiger partial charge is 0.355 e. The highest BCUT2D eigenvalue weighted by Gasteiger charge is 2.24. The second-order valence-corrected chi connectivity index (χ2v) is 8.30. The topological polar surface area (TPSA) is 66.8 Å². The van der Waals surface area contributed by atoms with Crippen LogP contribution in [0.1, 0.15) is 16.1 Å². The van der Waals surface area contributed by atoms with Gasteiger partial charge < -0.3 is 14.2 Å². The predicted octanol–water partition coefficient (Wildman–Crippen LogP) is 5.28. The van der Waals surface area contributed by atoms with E-state index in [1.807, 2.05) is 54.6 Å². The first-order valence-corrected chi connectivity index (χ1v) is 11.0. The molecule has 0 aliphatic heterocycles. The molecule has 168 valence electrons. The molecule has 0 saturated carbocycles. The van der Waals surface area contributed by atoms with Gasteiger partial charge in [0.1, 0.15) is 17.2 Å². The van der Waals surface area contributed by atoms with Gasteiger partial charge in [0.2, 0.25) is 0 Å². The van der Waals surface area contributed by atoms with E-state index in [9.17, 15) is 9.59 Å². The summed E-state index contributed by atoms with van der Waals surface area (Å²) in [4.78, 5) is 26.8. The van der Waals surface area contributed by atoms with Crippen molar-refractivity contribution in [3.05, 3.63) is 92.8 Å². The number of hydrogen-bond donors (Lipinski definition) is 0. The Balaban J connectivity index is 2.08. The second kappa shape index (κ2) is 9.50. The number of carbonyl (C=O) groups excluding carboxylic acids is 1. The summed E-state index contributed by atoms with van der Waals surface area (Å²) < 4.78 is 18.2. The van der Waals surface area contributed by atoms with Crippen molar-refractivity contribution in [2.75, 3.05) is 21.3 Å². The second-order valence-electron chi connectivity index (χ2n) is 7.38. The summed E-state index contributed by atoms with van der Waals surface area (Å²) in [5.41, 5.74) is 2.07. The molecule has 0 amide bonds. The van der Waals surface area contributed by atoms with Crippen molar-refractivity contribution in [2.24, 2.45) is 0 Å². The Kier molecular flexibility index (Phi) is 6.51. The van der Waals surface area contributed by atoms with Crippen LogP contribution in [0.25, 0.3) is 21.9 Å². The first-order valence-electron chi connectivity index (χ1n) is 10.2. The Morgan fingerprint density at radius 2 is 1.55 bits per heavy atom. The number of benzene rings is 3. The van der Waals surface area contributed by atoms with E-state index < -0.39 is 5.97 Å². The minimum atomic E-state index is -0.595. The van der Waals surface area contributed by atoms with Crippen LogP contribution in [0.4, 0.5) is 0 Å². The average Bonchev–Trinajstić information content (AvgIpc) is 2.85. The zero-order valence-electron chi connectivity index (χ0n) is 18.4. The third kappa shape index (κ3) is 4.36. The van der Waals surface area contributed by atoms with Crippen LogP contribution in [0.15, 0.2) is 76.0 Å².